The molecule has 1 unspecified atom stereocenters. The zero-order chi connectivity index (χ0) is 25.0. The molecule has 0 bridgehead atoms. The van der Waals surface area contributed by atoms with E-state index >= 15 is 0 Å². The van der Waals surface area contributed by atoms with E-state index < -0.39 is 61.9 Å². The first-order valence-corrected chi connectivity index (χ1v) is 11.8. The highest BCUT2D eigenvalue weighted by Crippen LogP contribution is 2.46. The number of esters is 1. The summed E-state index contributed by atoms with van der Waals surface area (Å²) >= 11 is 5.84. The van der Waals surface area contributed by atoms with Crippen LogP contribution < -0.4 is 20.9 Å². The van der Waals surface area contributed by atoms with Gasteiger partial charge in [0.1, 0.15) is 24.1 Å². The first kappa shape index (κ1) is 26.1. The number of rotatable bonds is 9. The quantitative estimate of drug-likeness (QED) is 0.324. The van der Waals surface area contributed by atoms with E-state index in [2.05, 4.69) is 9.82 Å². The van der Waals surface area contributed by atoms with Gasteiger partial charge in [-0.25, -0.2) is 9.36 Å². The molecule has 1 aliphatic rings. The van der Waals surface area contributed by atoms with Gasteiger partial charge in [0, 0.05) is 11.4 Å². The molecule has 1 saturated heterocycles. The van der Waals surface area contributed by atoms with Crippen molar-refractivity contribution in [2.75, 3.05) is 13.7 Å². The molecule has 0 aliphatic carbocycles. The lowest BCUT2D eigenvalue weighted by Gasteiger charge is -2.24. The highest BCUT2D eigenvalue weighted by atomic mass is 35.5. The number of hydrogen-bond acceptors (Lipinski definition) is 9. The largest absolute Gasteiger partial charge is 0.468 e. The molecule has 0 radical (unpaired) electrons. The van der Waals surface area contributed by atoms with Crippen molar-refractivity contribution in [1.29, 1.82) is 0 Å². The average molecular weight is 522 g/mol. The minimum absolute atomic E-state index is 0.110. The SMILES string of the molecule is COC(=O)[C@H](C)NP(=O)(OC[C@H]1O[C@@H](n2cc(F)c(=O)[nH]c2=O)C[C@@H]1O)Oc1ccc(Cl)cc1. The van der Waals surface area contributed by atoms with Crippen molar-refractivity contribution in [3.8, 4) is 5.75 Å². The number of halogens is 2. The number of methoxy groups -OCH3 is 1. The van der Waals surface area contributed by atoms with Crippen LogP contribution in [0.15, 0.2) is 40.1 Å². The fraction of sp³-hybridized carbons (Fsp3) is 0.421. The Bertz CT molecular complexity index is 1190. The molecule has 2 aromatic rings. The van der Waals surface area contributed by atoms with Gasteiger partial charge in [0.2, 0.25) is 5.82 Å². The lowest BCUT2D eigenvalue weighted by atomic mass is 10.2. The molecule has 34 heavy (non-hydrogen) atoms. The van der Waals surface area contributed by atoms with Gasteiger partial charge < -0.3 is 19.1 Å². The van der Waals surface area contributed by atoms with Gasteiger partial charge in [0.25, 0.3) is 5.56 Å². The lowest BCUT2D eigenvalue weighted by Crippen LogP contribution is -2.36. The normalized spacial score (nSPS) is 22.7. The van der Waals surface area contributed by atoms with Crippen molar-refractivity contribution in [3.63, 3.8) is 0 Å². The van der Waals surface area contributed by atoms with Crippen LogP contribution in [0, 0.1) is 5.82 Å². The number of nitrogens with one attached hydrogen (secondary N) is 2. The molecule has 3 rings (SSSR count). The number of ether oxygens (including phenoxy) is 2. The topological polar surface area (TPSA) is 158 Å². The first-order chi connectivity index (χ1) is 16.0. The van der Waals surface area contributed by atoms with E-state index in [-0.39, 0.29) is 12.2 Å². The molecule has 5 atom stereocenters. The van der Waals surface area contributed by atoms with Crippen molar-refractivity contribution in [3.05, 3.63) is 62.1 Å². The molecule has 3 N–H and O–H groups in total. The van der Waals surface area contributed by atoms with Crippen LogP contribution in [-0.2, 0) is 23.4 Å². The number of H-pyrrole nitrogens is 1. The third-order valence-electron chi connectivity index (χ3n) is 4.79. The summed E-state index contributed by atoms with van der Waals surface area (Å²) in [6.45, 7) is 0.880. The van der Waals surface area contributed by atoms with Crippen LogP contribution in [0.25, 0.3) is 0 Å². The summed E-state index contributed by atoms with van der Waals surface area (Å²) in [4.78, 5) is 36.8. The third-order valence-corrected chi connectivity index (χ3v) is 6.69. The van der Waals surface area contributed by atoms with Crippen LogP contribution in [0.2, 0.25) is 5.02 Å². The van der Waals surface area contributed by atoms with Gasteiger partial charge in [-0.1, -0.05) is 11.6 Å². The summed E-state index contributed by atoms with van der Waals surface area (Å²) in [6, 6.07) is 4.74. The van der Waals surface area contributed by atoms with Crippen molar-refractivity contribution in [2.45, 2.75) is 37.8 Å². The van der Waals surface area contributed by atoms with Crippen molar-refractivity contribution in [1.82, 2.24) is 14.6 Å². The van der Waals surface area contributed by atoms with Crippen LogP contribution in [0.5, 0.6) is 5.75 Å². The fourth-order valence-corrected chi connectivity index (χ4v) is 4.70. The molecule has 1 fully saturated rings. The molecule has 0 amide bonds. The number of aliphatic hydroxyl groups excluding tert-OH is 1. The monoisotopic (exact) mass is 521 g/mol. The number of aliphatic hydroxyl groups is 1. The molecule has 1 aliphatic heterocycles. The van der Waals surface area contributed by atoms with Gasteiger partial charge >= 0.3 is 19.4 Å². The molecule has 12 nitrogen and oxygen atoms in total. The Morgan fingerprint density at radius 1 is 1.41 bits per heavy atom. The van der Waals surface area contributed by atoms with Gasteiger partial charge in [-0.2, -0.15) is 9.48 Å². The predicted octanol–water partition coefficient (Wildman–Crippen LogP) is 1.33. The second-order valence-electron chi connectivity index (χ2n) is 7.29. The van der Waals surface area contributed by atoms with Crippen molar-refractivity contribution >= 4 is 25.3 Å². The van der Waals surface area contributed by atoms with E-state index in [0.717, 1.165) is 11.7 Å². The number of hydrogen-bond donors (Lipinski definition) is 3. The Balaban J connectivity index is 1.74. The molecule has 0 spiro atoms. The van der Waals surface area contributed by atoms with Crippen LogP contribution >= 0.6 is 19.3 Å². The predicted molar refractivity (Wildman–Crippen MR) is 116 cm³/mol. The summed E-state index contributed by atoms with van der Waals surface area (Å²) in [5.74, 6) is -1.84. The van der Waals surface area contributed by atoms with E-state index in [1.807, 2.05) is 0 Å². The van der Waals surface area contributed by atoms with E-state index in [1.54, 1.807) is 4.98 Å². The summed E-state index contributed by atoms with van der Waals surface area (Å²) in [5.41, 5.74) is -2.12. The summed E-state index contributed by atoms with van der Waals surface area (Å²) in [6.07, 6.45) is -2.91. The van der Waals surface area contributed by atoms with Gasteiger partial charge in [0.05, 0.1) is 26.0 Å². The number of carbonyl (C=O) groups excluding carboxylic acids is 1. The van der Waals surface area contributed by atoms with Crippen molar-refractivity contribution in [2.24, 2.45) is 0 Å². The number of benzene rings is 1. The maximum absolute atomic E-state index is 13.6. The van der Waals surface area contributed by atoms with Gasteiger partial charge in [-0.05, 0) is 31.2 Å². The lowest BCUT2D eigenvalue weighted by molar-refractivity contribution is -0.142. The van der Waals surface area contributed by atoms with Crippen LogP contribution in [0.4, 0.5) is 4.39 Å². The summed E-state index contributed by atoms with van der Waals surface area (Å²) in [5, 5.41) is 13.2. The van der Waals surface area contributed by atoms with Gasteiger partial charge in [-0.15, -0.1) is 0 Å². The fourth-order valence-electron chi connectivity index (χ4n) is 3.07. The van der Waals surface area contributed by atoms with E-state index in [1.165, 1.54) is 31.2 Å². The summed E-state index contributed by atoms with van der Waals surface area (Å²) < 4.78 is 48.8. The number of aromatic nitrogens is 2. The number of nitrogens with zero attached hydrogens (tertiary/aromatic N) is 1. The van der Waals surface area contributed by atoms with E-state index in [9.17, 15) is 28.4 Å². The highest BCUT2D eigenvalue weighted by Gasteiger charge is 2.39. The molecular weight excluding hydrogens is 500 g/mol. The van der Waals surface area contributed by atoms with Gasteiger partial charge in [0.15, 0.2) is 0 Å². The standard InChI is InChI=1S/C19H22ClFN3O9P/c1-10(18(27)30-2)23-34(29,33-12-5-3-11(20)4-6-12)31-9-15-14(25)7-16(32-15)24-8-13(21)17(26)22-19(24)28/h3-6,8,10,14-16,25H,7,9H2,1-2H3,(H,23,29)(H,22,26,28)/t10-,14-,15+,16+,34?/m0/s1. The maximum atomic E-state index is 13.6. The molecular formula is C19H22ClFN3O9P. The number of aromatic amines is 1. The minimum atomic E-state index is -4.24. The van der Waals surface area contributed by atoms with Crippen LogP contribution in [0.3, 0.4) is 0 Å². The Kier molecular flexibility index (Phi) is 8.29. The maximum Gasteiger partial charge on any atom is 0.459 e. The first-order valence-electron chi connectivity index (χ1n) is 9.91. The second kappa shape index (κ2) is 10.8. The molecule has 0 saturated carbocycles. The molecule has 1 aromatic carbocycles. The van der Waals surface area contributed by atoms with E-state index in [0.29, 0.717) is 11.2 Å². The Morgan fingerprint density at radius 3 is 2.74 bits per heavy atom. The second-order valence-corrected chi connectivity index (χ2v) is 9.42. The zero-order valence-corrected chi connectivity index (χ0v) is 19.6. The van der Waals surface area contributed by atoms with Crippen LogP contribution in [-0.4, -0.2) is 52.6 Å². The summed E-state index contributed by atoms with van der Waals surface area (Å²) in [7, 11) is -3.09. The molecule has 1 aromatic heterocycles. The molecule has 2 heterocycles. The van der Waals surface area contributed by atoms with E-state index in [4.69, 9.17) is 25.4 Å². The molecule has 186 valence electrons. The van der Waals surface area contributed by atoms with Crippen LogP contribution in [0.1, 0.15) is 19.6 Å². The zero-order valence-electron chi connectivity index (χ0n) is 18.0. The van der Waals surface area contributed by atoms with Gasteiger partial charge in [-0.3, -0.25) is 23.7 Å². The molecule has 15 heteroatoms. The Hall–Kier alpha value is -2.54. The number of carbonyl (C=O) groups is 1. The highest BCUT2D eigenvalue weighted by molar-refractivity contribution is 7.52. The Morgan fingerprint density at radius 2 is 2.09 bits per heavy atom. The van der Waals surface area contributed by atoms with Crippen molar-refractivity contribution < 1.29 is 37.4 Å². The third kappa shape index (κ3) is 6.32. The smallest absolute Gasteiger partial charge is 0.459 e. The Labute approximate surface area is 197 Å². The minimum Gasteiger partial charge on any atom is -0.468 e. The average Bonchev–Trinajstić information content (AvgIpc) is 3.16.